The zero-order valence-electron chi connectivity index (χ0n) is 10.5. The summed E-state index contributed by atoms with van der Waals surface area (Å²) < 4.78 is 4.89. The first-order valence-electron chi connectivity index (χ1n) is 6.01. The molecule has 0 N–H and O–H groups in total. The van der Waals surface area contributed by atoms with Crippen LogP contribution >= 0.6 is 23.2 Å². The quantitative estimate of drug-likeness (QED) is 0.573. The Hall–Kier alpha value is -0.730. The largest absolute Gasteiger partial charge is 0.465 e. The number of allylic oxidation sites excluding steroid dienone is 4. The molecule has 0 radical (unpaired) electrons. The highest BCUT2D eigenvalue weighted by Crippen LogP contribution is 2.41. The molecule has 0 saturated heterocycles. The number of hydrogen-bond donors (Lipinski definition) is 0. The van der Waals surface area contributed by atoms with E-state index < -0.39 is 0 Å². The van der Waals surface area contributed by atoms with Gasteiger partial charge in [-0.05, 0) is 35.5 Å². The molecule has 0 amide bonds. The average molecular weight is 287 g/mol. The van der Waals surface area contributed by atoms with Crippen LogP contribution in [0.1, 0.15) is 19.8 Å². The van der Waals surface area contributed by atoms with E-state index in [2.05, 4.69) is 13.0 Å². The molecule has 18 heavy (non-hydrogen) atoms. The van der Waals surface area contributed by atoms with Crippen LogP contribution in [0, 0.1) is 5.92 Å². The van der Waals surface area contributed by atoms with E-state index in [4.69, 9.17) is 27.9 Å². The lowest BCUT2D eigenvalue weighted by molar-refractivity contribution is -0.135. The highest BCUT2D eigenvalue weighted by atomic mass is 35.5. The lowest BCUT2D eigenvalue weighted by Gasteiger charge is -2.31. The van der Waals surface area contributed by atoms with Gasteiger partial charge in [-0.1, -0.05) is 19.1 Å². The van der Waals surface area contributed by atoms with Crippen LogP contribution in [0.4, 0.5) is 0 Å². The van der Waals surface area contributed by atoms with E-state index in [0.29, 0.717) is 11.5 Å². The van der Waals surface area contributed by atoms with E-state index in [1.54, 1.807) is 0 Å². The van der Waals surface area contributed by atoms with E-state index in [-0.39, 0.29) is 17.3 Å². The third-order valence-electron chi connectivity index (χ3n) is 3.53. The van der Waals surface area contributed by atoms with Crippen LogP contribution in [-0.4, -0.2) is 24.3 Å². The van der Waals surface area contributed by atoms with Crippen molar-refractivity contribution < 1.29 is 9.53 Å². The summed E-state index contributed by atoms with van der Waals surface area (Å²) in [6.07, 6.45) is 5.80. The third-order valence-corrected chi connectivity index (χ3v) is 4.12. The van der Waals surface area contributed by atoms with Crippen LogP contribution in [0.3, 0.4) is 0 Å². The van der Waals surface area contributed by atoms with Crippen molar-refractivity contribution in [2.75, 3.05) is 13.0 Å². The summed E-state index contributed by atoms with van der Waals surface area (Å²) in [5, 5.41) is -0.0617. The smallest absolute Gasteiger partial charge is 0.338 e. The van der Waals surface area contributed by atoms with Crippen molar-refractivity contribution in [3.63, 3.8) is 0 Å². The van der Waals surface area contributed by atoms with Gasteiger partial charge in [-0.3, -0.25) is 0 Å². The number of ether oxygens (including phenoxy) is 1. The van der Waals surface area contributed by atoms with Gasteiger partial charge in [0.25, 0.3) is 0 Å². The van der Waals surface area contributed by atoms with E-state index in [0.717, 1.165) is 24.0 Å². The molecule has 98 valence electrons. The van der Waals surface area contributed by atoms with Crippen LogP contribution < -0.4 is 0 Å². The number of alkyl halides is 2. The van der Waals surface area contributed by atoms with Crippen LogP contribution in [-0.2, 0) is 9.53 Å². The minimum atomic E-state index is -0.319. The number of hydrogen-bond acceptors (Lipinski definition) is 2. The van der Waals surface area contributed by atoms with Crippen LogP contribution in [0.5, 0.6) is 0 Å². The van der Waals surface area contributed by atoms with Gasteiger partial charge in [0.15, 0.2) is 0 Å². The van der Waals surface area contributed by atoms with Crippen molar-refractivity contribution in [2.24, 2.45) is 5.92 Å². The number of fused-ring (bicyclic) bond motifs is 1. The van der Waals surface area contributed by atoms with Gasteiger partial charge in [-0.25, -0.2) is 4.79 Å². The fourth-order valence-electron chi connectivity index (χ4n) is 2.57. The maximum Gasteiger partial charge on any atom is 0.338 e. The minimum absolute atomic E-state index is 0.0617. The first-order chi connectivity index (χ1) is 8.58. The molecule has 0 aromatic rings. The summed E-state index contributed by atoms with van der Waals surface area (Å²) in [6.45, 7) is 2.09. The van der Waals surface area contributed by atoms with Crippen molar-refractivity contribution in [1.82, 2.24) is 0 Å². The van der Waals surface area contributed by atoms with Crippen molar-refractivity contribution in [3.05, 3.63) is 34.4 Å². The molecule has 0 bridgehead atoms. The van der Waals surface area contributed by atoms with Gasteiger partial charge < -0.3 is 4.74 Å². The maximum absolute atomic E-state index is 12.0. The van der Waals surface area contributed by atoms with Gasteiger partial charge in [0.2, 0.25) is 0 Å². The lowest BCUT2D eigenvalue weighted by atomic mass is 9.76. The van der Waals surface area contributed by atoms with Crippen LogP contribution in [0.15, 0.2) is 34.4 Å². The fourth-order valence-corrected chi connectivity index (χ4v) is 3.18. The Bertz CT molecular complexity index is 460. The van der Waals surface area contributed by atoms with Crippen molar-refractivity contribution in [3.8, 4) is 0 Å². The molecule has 2 rings (SSSR count). The van der Waals surface area contributed by atoms with Gasteiger partial charge in [0, 0.05) is 5.88 Å². The Labute approximate surface area is 117 Å². The normalized spacial score (nSPS) is 27.3. The molecule has 0 spiro atoms. The Morgan fingerprint density at radius 3 is 2.89 bits per heavy atom. The van der Waals surface area contributed by atoms with Gasteiger partial charge in [-0.2, -0.15) is 0 Å². The maximum atomic E-state index is 12.0. The molecule has 4 heteroatoms. The van der Waals surface area contributed by atoms with Gasteiger partial charge in [0.1, 0.15) is 0 Å². The number of carbonyl (C=O) groups is 1. The zero-order valence-corrected chi connectivity index (χ0v) is 12.0. The van der Waals surface area contributed by atoms with E-state index >= 15 is 0 Å². The molecular formula is C14H16Cl2O2. The fraction of sp³-hybridized carbons (Fsp3) is 0.500. The Morgan fingerprint density at radius 2 is 2.28 bits per heavy atom. The second-order valence-electron chi connectivity index (χ2n) is 4.69. The molecule has 2 aliphatic rings. The molecule has 0 aliphatic heterocycles. The van der Waals surface area contributed by atoms with E-state index in [1.807, 2.05) is 6.08 Å². The van der Waals surface area contributed by atoms with Gasteiger partial charge >= 0.3 is 5.97 Å². The second-order valence-corrected chi connectivity index (χ2v) is 5.52. The van der Waals surface area contributed by atoms with E-state index in [1.165, 1.54) is 12.7 Å². The standard InChI is InChI=1S/C14H16Cl2O2/c1-8-5-9-3-4-10(16)6-11(9)13(12(8)7-15)14(17)18-2/h3,6,8,10H,4-5,7H2,1-2H3. The molecule has 2 aliphatic carbocycles. The zero-order chi connectivity index (χ0) is 13.3. The van der Waals surface area contributed by atoms with Crippen molar-refractivity contribution in [1.29, 1.82) is 0 Å². The number of methoxy groups -OCH3 is 1. The Morgan fingerprint density at radius 1 is 1.56 bits per heavy atom. The number of rotatable bonds is 2. The SMILES string of the molecule is COC(=O)C1=C(CCl)C(C)CC2=CCC(Cl)C=C21. The molecular weight excluding hydrogens is 271 g/mol. The number of carbonyl (C=O) groups excluding carboxylic acids is 1. The molecule has 0 aromatic carbocycles. The first kappa shape index (κ1) is 13.7. The number of esters is 1. The average Bonchev–Trinajstić information content (AvgIpc) is 2.36. The summed E-state index contributed by atoms with van der Waals surface area (Å²) in [6, 6.07) is 0. The van der Waals surface area contributed by atoms with Crippen molar-refractivity contribution >= 4 is 29.2 Å². The first-order valence-corrected chi connectivity index (χ1v) is 6.98. The summed E-state index contributed by atoms with van der Waals surface area (Å²) >= 11 is 12.1. The summed E-state index contributed by atoms with van der Waals surface area (Å²) in [7, 11) is 1.39. The summed E-state index contributed by atoms with van der Waals surface area (Å²) in [5.74, 6) is 0.301. The molecule has 2 atom stereocenters. The van der Waals surface area contributed by atoms with Gasteiger partial charge in [0.05, 0.1) is 18.1 Å². The second kappa shape index (κ2) is 5.50. The van der Waals surface area contributed by atoms with Crippen LogP contribution in [0.25, 0.3) is 0 Å². The Kier molecular flexibility index (Phi) is 4.18. The molecule has 0 saturated carbocycles. The highest BCUT2D eigenvalue weighted by molar-refractivity contribution is 6.22. The lowest BCUT2D eigenvalue weighted by Crippen LogP contribution is -2.23. The molecule has 0 fully saturated rings. The van der Waals surface area contributed by atoms with Gasteiger partial charge in [-0.15, -0.1) is 23.2 Å². The monoisotopic (exact) mass is 286 g/mol. The molecule has 2 nitrogen and oxygen atoms in total. The topological polar surface area (TPSA) is 26.3 Å². The molecule has 0 aromatic heterocycles. The highest BCUT2D eigenvalue weighted by Gasteiger charge is 2.32. The van der Waals surface area contributed by atoms with Crippen LogP contribution in [0.2, 0.25) is 0 Å². The van der Waals surface area contributed by atoms with Crippen molar-refractivity contribution in [2.45, 2.75) is 25.1 Å². The Balaban J connectivity index is 2.56. The molecule has 2 unspecified atom stereocenters. The van der Waals surface area contributed by atoms with E-state index in [9.17, 15) is 4.79 Å². The minimum Gasteiger partial charge on any atom is -0.465 e. The third kappa shape index (κ3) is 2.36. The molecule has 0 heterocycles. The summed E-state index contributed by atoms with van der Waals surface area (Å²) in [4.78, 5) is 12.0. The number of halogens is 2. The predicted molar refractivity (Wildman–Crippen MR) is 74.0 cm³/mol. The predicted octanol–water partition coefficient (Wildman–Crippen LogP) is 3.60. The summed E-state index contributed by atoms with van der Waals surface area (Å²) in [5.41, 5.74) is 3.68.